The van der Waals surface area contributed by atoms with Crippen LogP contribution in [0.4, 0.5) is 5.13 Å². The van der Waals surface area contributed by atoms with Gasteiger partial charge >= 0.3 is 11.9 Å². The van der Waals surface area contributed by atoms with E-state index in [1.807, 2.05) is 0 Å². The summed E-state index contributed by atoms with van der Waals surface area (Å²) >= 11 is 5.45. The predicted octanol–water partition coefficient (Wildman–Crippen LogP) is 0.656. The number of thiazole rings is 1. The second-order valence-electron chi connectivity index (χ2n) is 6.70. The van der Waals surface area contributed by atoms with E-state index in [1.54, 1.807) is 0 Å². The molecule has 1 aromatic heterocycles. The van der Waals surface area contributed by atoms with E-state index >= 15 is 0 Å². The Morgan fingerprint density at radius 1 is 1.48 bits per heavy atom. The molecule has 1 aromatic rings. The number of nitrogens with zero attached hydrogens (tertiary/aromatic N) is 3. The van der Waals surface area contributed by atoms with Gasteiger partial charge in [0.05, 0.1) is 0 Å². The van der Waals surface area contributed by atoms with Gasteiger partial charge in [0.1, 0.15) is 36.0 Å². The number of carbonyl (C=O) groups is 4. The Hall–Kier alpha value is -2.91. The van der Waals surface area contributed by atoms with Gasteiger partial charge in [-0.25, -0.2) is 9.78 Å². The van der Waals surface area contributed by atoms with Crippen LogP contribution in [0.5, 0.6) is 0 Å². The molecule has 1 saturated heterocycles. The Kier molecular flexibility index (Phi) is 7.76. The largest absolute Gasteiger partial charge is 0.477 e. The second kappa shape index (κ2) is 10.4. The molecule has 3 heterocycles. The average molecular weight is 560 g/mol. The van der Waals surface area contributed by atoms with Crippen LogP contribution in [0.3, 0.4) is 0 Å². The summed E-state index contributed by atoms with van der Waals surface area (Å²) in [6.45, 7) is 4.55. The number of ether oxygens (including phenoxy) is 1. The molecular weight excluding hydrogens is 542 g/mol. The Morgan fingerprint density at radius 2 is 2.21 bits per heavy atom. The molecule has 0 bridgehead atoms. The van der Waals surface area contributed by atoms with Crippen molar-refractivity contribution < 1.29 is 33.9 Å². The summed E-state index contributed by atoms with van der Waals surface area (Å²) in [6.07, 6.45) is 0. The SMILES string of the molecule is C=C(Br)CON=C(C(=O)N[C@@H]1C(=O)N2C(C(=O)O)=C(COC(C)=O)CS[C@H]12)c1csc(N)n1. The fraction of sp³-hybridized carbons (Fsp3) is 0.333. The lowest BCUT2D eigenvalue weighted by Crippen LogP contribution is -2.71. The van der Waals surface area contributed by atoms with E-state index in [-0.39, 0.29) is 41.2 Å². The normalized spacial score (nSPS) is 20.0. The number of rotatable bonds is 9. The molecule has 0 saturated carbocycles. The zero-order valence-corrected chi connectivity index (χ0v) is 20.3. The van der Waals surface area contributed by atoms with Gasteiger partial charge in [0.15, 0.2) is 10.8 Å². The van der Waals surface area contributed by atoms with E-state index in [0.29, 0.717) is 10.1 Å². The molecule has 2 amide bonds. The summed E-state index contributed by atoms with van der Waals surface area (Å²) < 4.78 is 5.39. The van der Waals surface area contributed by atoms with E-state index in [0.717, 1.165) is 16.2 Å². The molecule has 15 heteroatoms. The summed E-state index contributed by atoms with van der Waals surface area (Å²) in [7, 11) is 0. The van der Waals surface area contributed by atoms with E-state index in [9.17, 15) is 24.3 Å². The Bertz CT molecular complexity index is 1090. The van der Waals surface area contributed by atoms with Crippen molar-refractivity contribution in [1.29, 1.82) is 0 Å². The molecule has 2 aliphatic rings. The highest BCUT2D eigenvalue weighted by Crippen LogP contribution is 2.40. The first-order valence-electron chi connectivity index (χ1n) is 9.19. The van der Waals surface area contributed by atoms with Crippen LogP contribution in [0.25, 0.3) is 0 Å². The monoisotopic (exact) mass is 559 g/mol. The van der Waals surface area contributed by atoms with Gasteiger partial charge in [-0.15, -0.1) is 23.1 Å². The number of nitrogen functional groups attached to an aromatic ring is 1. The van der Waals surface area contributed by atoms with E-state index in [2.05, 4.69) is 38.0 Å². The van der Waals surface area contributed by atoms with Gasteiger partial charge < -0.3 is 25.7 Å². The first-order chi connectivity index (χ1) is 15.6. The topological polar surface area (TPSA) is 174 Å². The van der Waals surface area contributed by atoms with Crippen LogP contribution < -0.4 is 11.1 Å². The van der Waals surface area contributed by atoms with Crippen molar-refractivity contribution in [3.8, 4) is 0 Å². The van der Waals surface area contributed by atoms with Crippen LogP contribution in [-0.2, 0) is 28.8 Å². The number of carboxylic acids is 1. The summed E-state index contributed by atoms with van der Waals surface area (Å²) in [5.74, 6) is -3.06. The van der Waals surface area contributed by atoms with Crippen LogP contribution in [0, 0.1) is 0 Å². The molecule has 2 aliphatic heterocycles. The van der Waals surface area contributed by atoms with Crippen LogP contribution in [0.1, 0.15) is 12.6 Å². The van der Waals surface area contributed by atoms with Crippen LogP contribution in [0.2, 0.25) is 0 Å². The Labute approximate surface area is 204 Å². The minimum Gasteiger partial charge on any atom is -0.477 e. The number of aromatic nitrogens is 1. The molecule has 0 aliphatic carbocycles. The minimum absolute atomic E-state index is 0.0110. The molecule has 12 nitrogen and oxygen atoms in total. The van der Waals surface area contributed by atoms with Gasteiger partial charge in [-0.3, -0.25) is 19.3 Å². The van der Waals surface area contributed by atoms with Crippen molar-refractivity contribution in [1.82, 2.24) is 15.2 Å². The van der Waals surface area contributed by atoms with Gasteiger partial charge in [-0.2, -0.15) is 0 Å². The number of amides is 2. The number of oxime groups is 1. The van der Waals surface area contributed by atoms with Gasteiger partial charge in [0, 0.05) is 28.1 Å². The molecule has 4 N–H and O–H groups in total. The third kappa shape index (κ3) is 5.54. The van der Waals surface area contributed by atoms with Crippen LogP contribution in [0.15, 0.2) is 32.9 Å². The van der Waals surface area contributed by atoms with Crippen molar-refractivity contribution >= 4 is 73.6 Å². The Balaban J connectivity index is 1.78. The minimum atomic E-state index is -1.33. The molecule has 33 heavy (non-hydrogen) atoms. The van der Waals surface area contributed by atoms with Crippen molar-refractivity contribution in [2.45, 2.75) is 18.3 Å². The van der Waals surface area contributed by atoms with Gasteiger partial charge in [0.25, 0.3) is 11.8 Å². The zero-order valence-electron chi connectivity index (χ0n) is 17.1. The standard InChI is InChI=1S/C18H18BrN5O7S2/c1-7(19)3-31-23-11(10-6-33-18(20)21-10)14(26)22-12-15(27)24-13(17(28)29)9(4-30-8(2)25)5-32-16(12)24/h6,12,16H,1,3-5H2,2H3,(H2,20,21)(H,22,26)(H,28,29)/t12-,16-/m1/s1. The molecule has 1 fully saturated rings. The number of halogens is 1. The number of carboxylic acid groups (broad SMARTS) is 1. The fourth-order valence-corrected chi connectivity index (χ4v) is 4.94. The molecule has 0 unspecified atom stereocenters. The van der Waals surface area contributed by atoms with Gasteiger partial charge in [-0.1, -0.05) is 27.7 Å². The van der Waals surface area contributed by atoms with Crippen molar-refractivity contribution in [3.05, 3.63) is 33.4 Å². The Morgan fingerprint density at radius 3 is 2.79 bits per heavy atom. The number of hydrogen-bond acceptors (Lipinski definition) is 11. The average Bonchev–Trinajstić information content (AvgIpc) is 3.17. The third-order valence-corrected chi connectivity index (χ3v) is 6.59. The highest BCUT2D eigenvalue weighted by Gasteiger charge is 2.54. The molecule has 0 aromatic carbocycles. The maximum absolute atomic E-state index is 12.9. The number of carbonyl (C=O) groups excluding carboxylic acids is 3. The van der Waals surface area contributed by atoms with Crippen molar-refractivity contribution in [2.75, 3.05) is 24.7 Å². The van der Waals surface area contributed by atoms with E-state index in [1.165, 1.54) is 24.1 Å². The number of hydrogen-bond donors (Lipinski definition) is 3. The zero-order chi connectivity index (χ0) is 24.3. The number of anilines is 1. The molecule has 2 atom stereocenters. The quantitative estimate of drug-likeness (QED) is 0.169. The molecular formula is C18H18BrN5O7S2. The van der Waals surface area contributed by atoms with Crippen molar-refractivity contribution in [3.63, 3.8) is 0 Å². The molecule has 176 valence electrons. The molecule has 0 spiro atoms. The fourth-order valence-electron chi connectivity index (χ4n) is 2.96. The maximum Gasteiger partial charge on any atom is 0.352 e. The number of nitrogens with two attached hydrogens (primary N) is 1. The maximum atomic E-state index is 12.9. The number of nitrogens with one attached hydrogen (secondary N) is 1. The van der Waals surface area contributed by atoms with Crippen LogP contribution in [-0.4, -0.2) is 74.8 Å². The van der Waals surface area contributed by atoms with Crippen molar-refractivity contribution in [2.24, 2.45) is 5.16 Å². The molecule has 3 rings (SSSR count). The number of thioether (sulfide) groups is 1. The first-order valence-corrected chi connectivity index (χ1v) is 11.9. The van der Waals surface area contributed by atoms with E-state index in [4.69, 9.17) is 15.3 Å². The predicted molar refractivity (Wildman–Crippen MR) is 123 cm³/mol. The first kappa shape index (κ1) is 24.7. The second-order valence-corrected chi connectivity index (χ2v) is 9.82. The van der Waals surface area contributed by atoms with Gasteiger partial charge in [-0.05, 0) is 0 Å². The lowest BCUT2D eigenvalue weighted by Gasteiger charge is -2.49. The summed E-state index contributed by atoms with van der Waals surface area (Å²) in [5, 5.41) is 17.0. The number of esters is 1. The highest BCUT2D eigenvalue weighted by molar-refractivity contribution is 9.11. The van der Waals surface area contributed by atoms with Crippen LogP contribution >= 0.6 is 39.0 Å². The third-order valence-electron chi connectivity index (χ3n) is 4.34. The summed E-state index contributed by atoms with van der Waals surface area (Å²) in [4.78, 5) is 58.7. The van der Waals surface area contributed by atoms with Gasteiger partial charge in [0.2, 0.25) is 0 Å². The molecule has 0 radical (unpaired) electrons. The lowest BCUT2D eigenvalue weighted by atomic mass is 10.0. The number of β-lactam (4-membered cyclic amide) rings is 1. The number of aliphatic carboxylic acids is 1. The highest BCUT2D eigenvalue weighted by atomic mass is 79.9. The summed E-state index contributed by atoms with van der Waals surface area (Å²) in [6, 6.07) is -1.00. The summed E-state index contributed by atoms with van der Waals surface area (Å²) in [5.41, 5.74) is 5.64. The van der Waals surface area contributed by atoms with E-state index < -0.39 is 35.2 Å². The smallest absolute Gasteiger partial charge is 0.352 e. The lowest BCUT2D eigenvalue weighted by molar-refractivity contribution is -0.150. The number of fused-ring (bicyclic) bond motifs is 1.